The third-order valence-electron chi connectivity index (χ3n) is 7.76. The largest absolute Gasteiger partial charge is 0.461 e. The topological polar surface area (TPSA) is 124 Å². The molecule has 1 unspecified atom stereocenters. The van der Waals surface area contributed by atoms with Crippen LogP contribution in [0.4, 0.5) is 20.4 Å². The van der Waals surface area contributed by atoms with Gasteiger partial charge in [-0.05, 0) is 36.8 Å². The lowest BCUT2D eigenvalue weighted by Crippen LogP contribution is -2.56. The Morgan fingerprint density at radius 1 is 0.976 bits per heavy atom. The van der Waals surface area contributed by atoms with Gasteiger partial charge in [-0.15, -0.1) is 5.10 Å². The van der Waals surface area contributed by atoms with Crippen LogP contribution < -0.4 is 10.6 Å². The molecule has 0 bridgehead atoms. The molecule has 5 heterocycles. The molecule has 4 aromatic heterocycles. The Bertz CT molecular complexity index is 1930. The molecule has 1 aliphatic rings. The van der Waals surface area contributed by atoms with Crippen molar-refractivity contribution in [3.63, 3.8) is 0 Å². The molecule has 2 aromatic carbocycles. The van der Waals surface area contributed by atoms with Gasteiger partial charge in [-0.3, -0.25) is 4.79 Å². The summed E-state index contributed by atoms with van der Waals surface area (Å²) in [6.07, 6.45) is 3.13. The number of rotatable bonds is 5. The van der Waals surface area contributed by atoms with Gasteiger partial charge >= 0.3 is 0 Å². The molecule has 2 N–H and O–H groups in total. The molecule has 13 heteroatoms. The first-order valence-corrected chi connectivity index (χ1v) is 13.3. The van der Waals surface area contributed by atoms with Crippen molar-refractivity contribution in [2.45, 2.75) is 12.5 Å². The zero-order chi connectivity index (χ0) is 29.0. The van der Waals surface area contributed by atoms with Crippen molar-refractivity contribution < 1.29 is 18.0 Å². The first-order chi connectivity index (χ1) is 20.3. The number of aromatic nitrogens is 6. The van der Waals surface area contributed by atoms with Crippen molar-refractivity contribution in [1.82, 2.24) is 34.3 Å². The summed E-state index contributed by atoms with van der Waals surface area (Å²) < 4.78 is 36.3. The van der Waals surface area contributed by atoms with Crippen LogP contribution in [0.5, 0.6) is 0 Å². The van der Waals surface area contributed by atoms with E-state index in [1.807, 2.05) is 35.2 Å². The Balaban J connectivity index is 1.28. The highest BCUT2D eigenvalue weighted by molar-refractivity contribution is 5.94. The van der Waals surface area contributed by atoms with Gasteiger partial charge in [-0.1, -0.05) is 30.3 Å². The molecule has 0 aliphatic carbocycles. The molecule has 212 valence electrons. The molecule has 1 amide bonds. The van der Waals surface area contributed by atoms with Crippen LogP contribution in [0.2, 0.25) is 0 Å². The minimum absolute atomic E-state index is 0.0716. The summed E-state index contributed by atoms with van der Waals surface area (Å²) in [5.74, 6) is -0.595. The second-order valence-corrected chi connectivity index (χ2v) is 10.2. The van der Waals surface area contributed by atoms with Crippen LogP contribution in [0.3, 0.4) is 0 Å². The number of nitrogen functional groups attached to an aromatic ring is 1. The van der Waals surface area contributed by atoms with Gasteiger partial charge < -0.3 is 20.0 Å². The summed E-state index contributed by atoms with van der Waals surface area (Å²) in [5, 5.41) is 9.66. The maximum Gasteiger partial charge on any atom is 0.255 e. The fourth-order valence-electron chi connectivity index (χ4n) is 5.54. The number of nitrogens with zero attached hydrogens (tertiary/aromatic N) is 8. The number of hydrogen-bond donors (Lipinski definition) is 1. The van der Waals surface area contributed by atoms with Gasteiger partial charge in [-0.2, -0.15) is 14.6 Å². The van der Waals surface area contributed by atoms with Crippen LogP contribution in [0, 0.1) is 11.6 Å². The Labute approximate surface area is 237 Å². The minimum atomic E-state index is -1.31. The van der Waals surface area contributed by atoms with Crippen LogP contribution >= 0.6 is 0 Å². The minimum Gasteiger partial charge on any atom is -0.461 e. The second-order valence-electron chi connectivity index (χ2n) is 10.2. The van der Waals surface area contributed by atoms with E-state index in [0.717, 1.165) is 6.07 Å². The van der Waals surface area contributed by atoms with E-state index in [9.17, 15) is 13.6 Å². The quantitative estimate of drug-likeness (QED) is 0.333. The molecule has 42 heavy (non-hydrogen) atoms. The fourth-order valence-corrected chi connectivity index (χ4v) is 5.54. The van der Waals surface area contributed by atoms with E-state index in [4.69, 9.17) is 10.2 Å². The highest BCUT2D eigenvalue weighted by Gasteiger charge is 2.43. The van der Waals surface area contributed by atoms with E-state index in [2.05, 4.69) is 20.2 Å². The number of hydrogen-bond acceptors (Lipinski definition) is 8. The van der Waals surface area contributed by atoms with Gasteiger partial charge in [0.15, 0.2) is 22.6 Å². The summed E-state index contributed by atoms with van der Waals surface area (Å²) in [6, 6.07) is 16.3. The highest BCUT2D eigenvalue weighted by Crippen LogP contribution is 2.34. The molecule has 0 radical (unpaired) electrons. The Hall–Kier alpha value is -5.33. The van der Waals surface area contributed by atoms with Crippen molar-refractivity contribution in [2.24, 2.45) is 0 Å². The lowest BCUT2D eigenvalue weighted by atomic mass is 9.90. The monoisotopic (exact) mass is 569 g/mol. The van der Waals surface area contributed by atoms with Crippen LogP contribution in [0.1, 0.15) is 12.5 Å². The van der Waals surface area contributed by atoms with Gasteiger partial charge in [0, 0.05) is 32.2 Å². The zero-order valence-corrected chi connectivity index (χ0v) is 22.5. The van der Waals surface area contributed by atoms with Gasteiger partial charge in [0.25, 0.3) is 5.91 Å². The van der Waals surface area contributed by atoms with Gasteiger partial charge in [0.05, 0.1) is 23.5 Å². The number of amides is 1. The van der Waals surface area contributed by atoms with Crippen molar-refractivity contribution >= 4 is 34.2 Å². The smallest absolute Gasteiger partial charge is 0.255 e. The van der Waals surface area contributed by atoms with E-state index in [1.165, 1.54) is 22.9 Å². The van der Waals surface area contributed by atoms with Gasteiger partial charge in [0.1, 0.15) is 11.6 Å². The first kappa shape index (κ1) is 25.6. The van der Waals surface area contributed by atoms with E-state index < -0.39 is 17.2 Å². The predicted octanol–water partition coefficient (Wildman–Crippen LogP) is 3.71. The van der Waals surface area contributed by atoms with Crippen molar-refractivity contribution in [3.8, 4) is 11.6 Å². The SMILES string of the molecule is CC(C(=O)N1CCN(c2ccc(F)cc2F)CC1)(c1ccccc1)n1ncc2c1nc(N)n1nc(-c3ccco3)nc21. The molecule has 0 spiro atoms. The van der Waals surface area contributed by atoms with Gasteiger partial charge in [0.2, 0.25) is 11.8 Å². The Morgan fingerprint density at radius 3 is 2.48 bits per heavy atom. The Morgan fingerprint density at radius 2 is 1.76 bits per heavy atom. The van der Waals surface area contributed by atoms with Crippen LogP contribution in [0.25, 0.3) is 28.3 Å². The number of nitrogens with two attached hydrogens (primary N) is 1. The number of carbonyl (C=O) groups excluding carboxylic acids is 1. The second kappa shape index (κ2) is 9.65. The third kappa shape index (κ3) is 3.96. The summed E-state index contributed by atoms with van der Waals surface area (Å²) in [5.41, 5.74) is 6.81. The number of furan rings is 1. The fraction of sp³-hybridized carbons (Fsp3) is 0.207. The molecular weight excluding hydrogens is 544 g/mol. The summed E-state index contributed by atoms with van der Waals surface area (Å²) in [6.45, 7) is 3.20. The lowest BCUT2D eigenvalue weighted by molar-refractivity contribution is -0.138. The Kier molecular flexibility index (Phi) is 5.89. The number of piperazine rings is 1. The van der Waals surface area contributed by atoms with Crippen LogP contribution in [-0.2, 0) is 10.3 Å². The summed E-state index contributed by atoms with van der Waals surface area (Å²) in [7, 11) is 0. The average molecular weight is 570 g/mol. The van der Waals surface area contributed by atoms with E-state index in [-0.39, 0.29) is 11.9 Å². The molecular formula is C29H25F2N9O2. The maximum atomic E-state index is 14.5. The maximum absolute atomic E-state index is 14.5. The molecule has 6 aromatic rings. The molecule has 1 fully saturated rings. The third-order valence-corrected chi connectivity index (χ3v) is 7.76. The van der Waals surface area contributed by atoms with Crippen LogP contribution in [-0.4, -0.2) is 66.3 Å². The number of carbonyl (C=O) groups is 1. The number of anilines is 2. The first-order valence-electron chi connectivity index (χ1n) is 13.3. The molecule has 1 saturated heterocycles. The number of halogens is 2. The number of fused-ring (bicyclic) bond motifs is 3. The van der Waals surface area contributed by atoms with Crippen molar-refractivity contribution in [2.75, 3.05) is 36.8 Å². The normalized spacial score (nSPS) is 15.4. The van der Waals surface area contributed by atoms with E-state index in [0.29, 0.717) is 65.7 Å². The standard InChI is InChI=1S/C29H25F2N9O2/c1-29(18-6-3-2-4-7-18,27(41)38-13-11-37(12-14-38)22-10-9-19(30)16-21(22)31)40-26-20(17-33-40)25-34-24(23-8-5-15-42-23)36-39(25)28(32)35-26/h2-10,15-17H,11-14H2,1H3,(H2,32,35). The molecule has 1 atom stereocenters. The molecule has 7 rings (SSSR count). The molecule has 11 nitrogen and oxygen atoms in total. The lowest BCUT2D eigenvalue weighted by Gasteiger charge is -2.40. The summed E-state index contributed by atoms with van der Waals surface area (Å²) in [4.78, 5) is 27.2. The molecule has 1 aliphatic heterocycles. The van der Waals surface area contributed by atoms with E-state index in [1.54, 1.807) is 34.8 Å². The van der Waals surface area contributed by atoms with Crippen molar-refractivity contribution in [3.05, 3.63) is 90.3 Å². The van der Waals surface area contributed by atoms with Gasteiger partial charge in [-0.25, -0.2) is 18.4 Å². The van der Waals surface area contributed by atoms with Crippen molar-refractivity contribution in [1.29, 1.82) is 0 Å². The van der Waals surface area contributed by atoms with E-state index >= 15 is 0 Å². The summed E-state index contributed by atoms with van der Waals surface area (Å²) >= 11 is 0. The van der Waals surface area contributed by atoms with Crippen LogP contribution in [0.15, 0.2) is 77.5 Å². The zero-order valence-electron chi connectivity index (χ0n) is 22.5. The average Bonchev–Trinajstić information content (AvgIpc) is 3.77. The molecule has 0 saturated carbocycles. The highest BCUT2D eigenvalue weighted by atomic mass is 19.1. The predicted molar refractivity (Wildman–Crippen MR) is 151 cm³/mol. The number of benzene rings is 2.